The minimum Gasteiger partial charge on any atom is -0.497 e. The van der Waals surface area contributed by atoms with Crippen LogP contribution in [0.5, 0.6) is 5.75 Å². The molecular formula is C20H23N3O4S. The second-order valence-electron chi connectivity index (χ2n) is 6.31. The minimum absolute atomic E-state index is 0.0442. The number of aliphatic hydroxyl groups is 1. The van der Waals surface area contributed by atoms with Crippen molar-refractivity contribution in [3.8, 4) is 5.75 Å². The van der Waals surface area contributed by atoms with E-state index in [0.717, 1.165) is 22.4 Å². The van der Waals surface area contributed by atoms with E-state index in [0.29, 0.717) is 36.7 Å². The number of nitrogens with zero attached hydrogens (tertiary/aromatic N) is 1. The average molecular weight is 401 g/mol. The van der Waals surface area contributed by atoms with Crippen molar-refractivity contribution in [1.82, 2.24) is 15.2 Å². The molecule has 7 nitrogen and oxygen atoms in total. The topological polar surface area (TPSA) is 90.7 Å². The van der Waals surface area contributed by atoms with Crippen LogP contribution in [-0.2, 0) is 13.1 Å². The number of thiocarbonyl (C=S) groups is 1. The lowest BCUT2D eigenvalue weighted by Gasteiger charge is -2.25. The van der Waals surface area contributed by atoms with Crippen LogP contribution in [0, 0.1) is 0 Å². The average Bonchev–Trinajstić information content (AvgIpc) is 3.22. The van der Waals surface area contributed by atoms with Crippen molar-refractivity contribution in [1.29, 1.82) is 0 Å². The number of aromatic nitrogens is 1. The van der Waals surface area contributed by atoms with Gasteiger partial charge in [-0.2, -0.15) is 0 Å². The summed E-state index contributed by atoms with van der Waals surface area (Å²) >= 11 is 5.50. The van der Waals surface area contributed by atoms with Crippen LogP contribution in [0.25, 0.3) is 10.9 Å². The number of fused-ring (bicyclic) bond motifs is 1. The first-order valence-electron chi connectivity index (χ1n) is 8.96. The number of aliphatic hydroxyl groups excluding tert-OH is 1. The van der Waals surface area contributed by atoms with Gasteiger partial charge in [0.25, 0.3) is 5.56 Å². The number of methoxy groups -OCH3 is 1. The van der Waals surface area contributed by atoms with Crippen molar-refractivity contribution in [2.75, 3.05) is 20.3 Å². The molecule has 3 rings (SSSR count). The maximum Gasteiger partial charge on any atom is 0.253 e. The number of hydrogen-bond acceptors (Lipinski definition) is 5. The lowest BCUT2D eigenvalue weighted by molar-refractivity contribution is 0.264. The summed E-state index contributed by atoms with van der Waals surface area (Å²) in [7, 11) is 1.60. The van der Waals surface area contributed by atoms with E-state index < -0.39 is 0 Å². The van der Waals surface area contributed by atoms with Gasteiger partial charge in [0.1, 0.15) is 11.5 Å². The smallest absolute Gasteiger partial charge is 0.253 e. The fourth-order valence-corrected chi connectivity index (χ4v) is 3.11. The summed E-state index contributed by atoms with van der Waals surface area (Å²) in [5, 5.41) is 13.7. The number of rotatable bonds is 8. The third-order valence-electron chi connectivity index (χ3n) is 4.36. The molecule has 0 unspecified atom stereocenters. The van der Waals surface area contributed by atoms with Crippen LogP contribution in [0.4, 0.5) is 0 Å². The highest BCUT2D eigenvalue weighted by Gasteiger charge is 2.14. The summed E-state index contributed by atoms with van der Waals surface area (Å²) in [6, 6.07) is 11.0. The number of nitrogens with one attached hydrogen (secondary N) is 2. The molecule has 0 aliphatic heterocycles. The Morgan fingerprint density at radius 1 is 1.36 bits per heavy atom. The quantitative estimate of drug-likeness (QED) is 0.499. The zero-order chi connectivity index (χ0) is 19.9. The first kappa shape index (κ1) is 19.9. The van der Waals surface area contributed by atoms with Crippen molar-refractivity contribution in [2.24, 2.45) is 0 Å². The molecule has 0 saturated carbocycles. The van der Waals surface area contributed by atoms with E-state index >= 15 is 0 Å². The number of H-pyrrole nitrogens is 1. The standard InChI is InChI=1S/C20H23N3O4S/c1-26-16-5-6-18-14(11-16)10-15(19(25)22-18)13-23(7-3-8-24)20(28)21-12-17-4-2-9-27-17/h2,4-6,9-11,24H,3,7-8,12-13H2,1H3,(H,21,28)(H,22,25). The lowest BCUT2D eigenvalue weighted by Crippen LogP contribution is -2.40. The Labute approximate surface area is 167 Å². The Kier molecular flexibility index (Phi) is 6.67. The van der Waals surface area contributed by atoms with E-state index in [4.69, 9.17) is 21.4 Å². The number of furan rings is 1. The molecule has 0 fully saturated rings. The van der Waals surface area contributed by atoms with Crippen molar-refractivity contribution in [3.63, 3.8) is 0 Å². The highest BCUT2D eigenvalue weighted by Crippen LogP contribution is 2.19. The summed E-state index contributed by atoms with van der Waals surface area (Å²) < 4.78 is 10.6. The molecule has 0 aliphatic rings. The number of ether oxygens (including phenoxy) is 1. The Morgan fingerprint density at radius 3 is 2.93 bits per heavy atom. The summed E-state index contributed by atoms with van der Waals surface area (Å²) in [5.74, 6) is 1.48. The van der Waals surface area contributed by atoms with E-state index in [1.54, 1.807) is 19.4 Å². The third kappa shape index (κ3) is 4.90. The van der Waals surface area contributed by atoms with Crippen LogP contribution in [0.2, 0.25) is 0 Å². The number of pyridine rings is 1. The number of benzene rings is 1. The molecule has 1 aromatic carbocycles. The monoisotopic (exact) mass is 401 g/mol. The van der Waals surface area contributed by atoms with Crippen molar-refractivity contribution in [2.45, 2.75) is 19.5 Å². The molecule has 3 aromatic rings. The zero-order valence-electron chi connectivity index (χ0n) is 15.6. The fraction of sp³-hybridized carbons (Fsp3) is 0.300. The summed E-state index contributed by atoms with van der Waals surface area (Å²) in [4.78, 5) is 17.3. The molecule has 0 atom stereocenters. The molecular weight excluding hydrogens is 378 g/mol. The highest BCUT2D eigenvalue weighted by atomic mass is 32.1. The maximum atomic E-state index is 12.5. The van der Waals surface area contributed by atoms with E-state index in [1.165, 1.54) is 0 Å². The normalized spacial score (nSPS) is 10.8. The molecule has 148 valence electrons. The number of aromatic amines is 1. The first-order chi connectivity index (χ1) is 13.6. The Balaban J connectivity index is 1.79. The highest BCUT2D eigenvalue weighted by molar-refractivity contribution is 7.80. The first-order valence-corrected chi connectivity index (χ1v) is 9.37. The molecule has 0 amide bonds. The Hall–Kier alpha value is -2.84. The molecule has 2 heterocycles. The second-order valence-corrected chi connectivity index (χ2v) is 6.70. The van der Waals surface area contributed by atoms with Gasteiger partial charge in [-0.25, -0.2) is 0 Å². The molecule has 0 saturated heterocycles. The molecule has 0 radical (unpaired) electrons. The van der Waals surface area contributed by atoms with Crippen LogP contribution >= 0.6 is 12.2 Å². The molecule has 0 bridgehead atoms. The van der Waals surface area contributed by atoms with Gasteiger partial charge in [-0.15, -0.1) is 0 Å². The van der Waals surface area contributed by atoms with Crippen LogP contribution in [0.15, 0.2) is 51.9 Å². The van der Waals surface area contributed by atoms with Gasteiger partial charge in [-0.3, -0.25) is 4.79 Å². The molecule has 28 heavy (non-hydrogen) atoms. The molecule has 0 spiro atoms. The van der Waals surface area contributed by atoms with Gasteiger partial charge in [0.15, 0.2) is 5.11 Å². The van der Waals surface area contributed by atoms with Gasteiger partial charge in [0.2, 0.25) is 0 Å². The fourth-order valence-electron chi connectivity index (χ4n) is 2.88. The Morgan fingerprint density at radius 2 is 2.21 bits per heavy atom. The summed E-state index contributed by atoms with van der Waals surface area (Å²) in [5.41, 5.74) is 1.16. The molecule has 3 N–H and O–H groups in total. The third-order valence-corrected chi connectivity index (χ3v) is 4.76. The predicted octanol–water partition coefficient (Wildman–Crippen LogP) is 2.39. The van der Waals surface area contributed by atoms with Crippen molar-refractivity contribution in [3.05, 3.63) is 64.3 Å². The van der Waals surface area contributed by atoms with Crippen molar-refractivity contribution < 1.29 is 14.3 Å². The number of hydrogen-bond donors (Lipinski definition) is 3. The van der Waals surface area contributed by atoms with E-state index in [2.05, 4.69) is 10.3 Å². The maximum absolute atomic E-state index is 12.5. The molecule has 8 heteroatoms. The largest absolute Gasteiger partial charge is 0.497 e. The van der Waals surface area contributed by atoms with Gasteiger partial charge in [0, 0.05) is 29.6 Å². The van der Waals surface area contributed by atoms with Gasteiger partial charge >= 0.3 is 0 Å². The summed E-state index contributed by atoms with van der Waals surface area (Å²) in [6.45, 7) is 1.35. The minimum atomic E-state index is -0.166. The predicted molar refractivity (Wildman–Crippen MR) is 111 cm³/mol. The molecule has 0 aliphatic carbocycles. The van der Waals surface area contributed by atoms with Crippen LogP contribution in [-0.4, -0.2) is 40.4 Å². The van der Waals surface area contributed by atoms with Gasteiger partial charge in [-0.1, -0.05) is 0 Å². The molecule has 2 aromatic heterocycles. The summed E-state index contributed by atoms with van der Waals surface area (Å²) in [6.07, 6.45) is 2.15. The van der Waals surface area contributed by atoms with Gasteiger partial charge in [-0.05, 0) is 55.0 Å². The van der Waals surface area contributed by atoms with E-state index in [9.17, 15) is 9.90 Å². The zero-order valence-corrected chi connectivity index (χ0v) is 16.4. The van der Waals surface area contributed by atoms with E-state index in [1.807, 2.05) is 35.2 Å². The van der Waals surface area contributed by atoms with E-state index in [-0.39, 0.29) is 12.2 Å². The van der Waals surface area contributed by atoms with Crippen LogP contribution in [0.1, 0.15) is 17.7 Å². The van der Waals surface area contributed by atoms with Gasteiger partial charge < -0.3 is 29.5 Å². The Bertz CT molecular complexity index is 985. The van der Waals surface area contributed by atoms with Crippen LogP contribution < -0.4 is 15.6 Å². The van der Waals surface area contributed by atoms with Gasteiger partial charge in [0.05, 0.1) is 26.5 Å². The second kappa shape index (κ2) is 9.38. The van der Waals surface area contributed by atoms with Crippen LogP contribution in [0.3, 0.4) is 0 Å². The lowest BCUT2D eigenvalue weighted by atomic mass is 10.1. The SMILES string of the molecule is COc1ccc2[nH]c(=O)c(CN(CCCO)C(=S)NCc3ccco3)cc2c1. The van der Waals surface area contributed by atoms with Crippen molar-refractivity contribution >= 4 is 28.2 Å².